The van der Waals surface area contributed by atoms with Crippen LogP contribution in [0.2, 0.25) is 0 Å². The molecule has 0 aromatic rings. The summed E-state index contributed by atoms with van der Waals surface area (Å²) in [6, 6.07) is 0. The lowest BCUT2D eigenvalue weighted by molar-refractivity contribution is -0.147. The van der Waals surface area contributed by atoms with Gasteiger partial charge in [-0.3, -0.25) is 18.6 Å². The number of esters is 1. The van der Waals surface area contributed by atoms with E-state index >= 15 is 0 Å². The molecule has 0 aromatic heterocycles. The molecule has 0 radical (unpaired) electrons. The molecule has 0 fully saturated rings. The Bertz CT molecular complexity index is 1190. The van der Waals surface area contributed by atoms with Crippen LogP contribution >= 0.6 is 7.82 Å². The lowest BCUT2D eigenvalue weighted by Gasteiger charge is -2.15. The maximum absolute atomic E-state index is 12.1. The average Bonchev–Trinajstić information content (AvgIpc) is 3.22. The third kappa shape index (κ3) is 46.4. The van der Waals surface area contributed by atoms with E-state index < -0.39 is 26.5 Å². The van der Waals surface area contributed by atoms with Crippen molar-refractivity contribution in [2.75, 3.05) is 26.4 Å². The molecular formula is C49H86NO8P. The lowest BCUT2D eigenvalue weighted by Crippen LogP contribution is -2.27. The summed E-state index contributed by atoms with van der Waals surface area (Å²) in [5.41, 5.74) is 0. The van der Waals surface area contributed by atoms with Crippen molar-refractivity contribution >= 4 is 19.7 Å². The first-order valence-corrected chi connectivity index (χ1v) is 24.9. The first kappa shape index (κ1) is 56.5. The smallest absolute Gasteiger partial charge is 0.463 e. The fraction of sp³-hybridized carbons (Fsp3) is 0.714. The molecule has 0 aliphatic heterocycles. The molecule has 9 nitrogen and oxygen atoms in total. The minimum absolute atomic E-state index is 0.0606. The summed E-state index contributed by atoms with van der Waals surface area (Å²) in [6.07, 6.45) is 55.4. The Morgan fingerprint density at radius 2 is 0.915 bits per heavy atom. The number of hydrogen-bond acceptors (Lipinski definition) is 7. The summed E-state index contributed by atoms with van der Waals surface area (Å²) in [6.45, 7) is 3.45. The molecule has 0 rings (SSSR count). The Morgan fingerprint density at radius 1 is 0.525 bits per heavy atom. The molecule has 0 bridgehead atoms. The van der Waals surface area contributed by atoms with E-state index in [2.05, 4.69) is 92.1 Å². The highest BCUT2D eigenvalue weighted by Gasteiger charge is 2.23. The van der Waals surface area contributed by atoms with E-state index in [0.717, 1.165) is 70.6 Å². The van der Waals surface area contributed by atoms with Crippen LogP contribution in [-0.4, -0.2) is 54.3 Å². The number of unbranched alkanes of at least 4 members (excludes halogenated alkanes) is 18. The van der Waals surface area contributed by atoms with Gasteiger partial charge in [0.25, 0.3) is 0 Å². The zero-order valence-electron chi connectivity index (χ0n) is 37.4. The number of ether oxygens (including phenoxy) is 1. The van der Waals surface area contributed by atoms with Crippen LogP contribution in [0.4, 0.5) is 0 Å². The predicted molar refractivity (Wildman–Crippen MR) is 247 cm³/mol. The number of rotatable bonds is 43. The lowest BCUT2D eigenvalue weighted by atomic mass is 10.1. The van der Waals surface area contributed by atoms with Crippen molar-refractivity contribution in [1.82, 2.24) is 5.32 Å². The number of allylic oxidation sites excluding steroid dienone is 12. The van der Waals surface area contributed by atoms with E-state index in [1.807, 2.05) is 0 Å². The van der Waals surface area contributed by atoms with Gasteiger partial charge >= 0.3 is 13.8 Å². The fourth-order valence-corrected chi connectivity index (χ4v) is 6.80. The van der Waals surface area contributed by atoms with Crippen LogP contribution in [-0.2, 0) is 27.9 Å². The fourth-order valence-electron chi connectivity index (χ4n) is 6.04. The molecule has 59 heavy (non-hydrogen) atoms. The number of phosphoric ester groups is 1. The second-order valence-corrected chi connectivity index (χ2v) is 16.8. The van der Waals surface area contributed by atoms with E-state index in [1.165, 1.54) is 96.3 Å². The molecule has 2 atom stereocenters. The standard InChI is InChI=1S/C49H86NO8P/c1-3-5-7-9-11-13-15-17-19-21-23-25-27-29-31-33-35-37-39-41-48(52)50-43-44-57-59(54,55)58-46-47(51)45-56-49(53)42-40-38-36-34-32-30-28-26-24-22-20-18-16-14-12-10-8-6-4-2/h11-14,17-20,23,25,29,31,47,51H,3-10,15-16,21-22,24,26-28,30,32-46H2,1-2H3,(H,50,52)(H,54,55)/b13-11-,14-12-,19-17-,20-18-,25-23-,31-29-. The number of hydrogen-bond donors (Lipinski definition) is 3. The van der Waals surface area contributed by atoms with Crippen LogP contribution in [0, 0.1) is 0 Å². The predicted octanol–water partition coefficient (Wildman–Crippen LogP) is 13.4. The highest BCUT2D eigenvalue weighted by Crippen LogP contribution is 2.42. The van der Waals surface area contributed by atoms with E-state index in [4.69, 9.17) is 13.8 Å². The molecule has 0 aliphatic rings. The quantitative estimate of drug-likeness (QED) is 0.0239. The van der Waals surface area contributed by atoms with Gasteiger partial charge in [0.15, 0.2) is 0 Å². The van der Waals surface area contributed by atoms with Gasteiger partial charge in [-0.15, -0.1) is 0 Å². The Labute approximate surface area is 360 Å². The van der Waals surface area contributed by atoms with Crippen LogP contribution in [0.3, 0.4) is 0 Å². The minimum atomic E-state index is -4.43. The molecule has 10 heteroatoms. The molecule has 2 unspecified atom stereocenters. The van der Waals surface area contributed by atoms with Crippen molar-refractivity contribution in [3.8, 4) is 0 Å². The molecule has 0 spiro atoms. The van der Waals surface area contributed by atoms with Crippen LogP contribution in [0.15, 0.2) is 72.9 Å². The second kappa shape index (κ2) is 45.0. The zero-order chi connectivity index (χ0) is 43.2. The Kier molecular flexibility index (Phi) is 43.0. The van der Waals surface area contributed by atoms with E-state index in [1.54, 1.807) is 0 Å². The summed E-state index contributed by atoms with van der Waals surface area (Å²) >= 11 is 0. The summed E-state index contributed by atoms with van der Waals surface area (Å²) in [4.78, 5) is 34.0. The number of carbonyl (C=O) groups excluding carboxylic acids is 2. The molecule has 0 aliphatic carbocycles. The Balaban J connectivity index is 3.65. The monoisotopic (exact) mass is 848 g/mol. The zero-order valence-corrected chi connectivity index (χ0v) is 38.3. The first-order chi connectivity index (χ1) is 28.8. The van der Waals surface area contributed by atoms with Crippen molar-refractivity contribution < 1.29 is 37.9 Å². The summed E-state index contributed by atoms with van der Waals surface area (Å²) in [5.74, 6) is -0.555. The van der Waals surface area contributed by atoms with E-state index in [0.29, 0.717) is 6.42 Å². The van der Waals surface area contributed by atoms with Crippen molar-refractivity contribution in [1.29, 1.82) is 0 Å². The Morgan fingerprint density at radius 3 is 1.39 bits per heavy atom. The summed E-state index contributed by atoms with van der Waals surface area (Å²) in [7, 11) is -4.43. The number of carbonyl (C=O) groups is 2. The van der Waals surface area contributed by atoms with Crippen LogP contribution < -0.4 is 5.32 Å². The number of aliphatic hydroxyl groups is 1. The topological polar surface area (TPSA) is 131 Å². The van der Waals surface area contributed by atoms with Crippen molar-refractivity contribution in [2.45, 2.75) is 200 Å². The van der Waals surface area contributed by atoms with E-state index in [9.17, 15) is 24.2 Å². The van der Waals surface area contributed by atoms with E-state index in [-0.39, 0.29) is 32.1 Å². The van der Waals surface area contributed by atoms with Gasteiger partial charge in [-0.25, -0.2) is 4.57 Å². The summed E-state index contributed by atoms with van der Waals surface area (Å²) < 4.78 is 26.9. The number of amides is 1. The largest absolute Gasteiger partial charge is 0.472 e. The third-order valence-electron chi connectivity index (χ3n) is 9.61. The van der Waals surface area contributed by atoms with Crippen LogP contribution in [0.25, 0.3) is 0 Å². The van der Waals surface area contributed by atoms with Gasteiger partial charge in [0.2, 0.25) is 5.91 Å². The van der Waals surface area contributed by atoms with Gasteiger partial charge in [-0.05, 0) is 89.9 Å². The highest BCUT2D eigenvalue weighted by molar-refractivity contribution is 7.47. The second-order valence-electron chi connectivity index (χ2n) is 15.4. The minimum Gasteiger partial charge on any atom is -0.463 e. The molecule has 1 amide bonds. The average molecular weight is 848 g/mol. The van der Waals surface area contributed by atoms with Gasteiger partial charge in [-0.2, -0.15) is 0 Å². The van der Waals surface area contributed by atoms with Crippen LogP contribution in [0.5, 0.6) is 0 Å². The Hall–Kier alpha value is -2.55. The molecule has 340 valence electrons. The van der Waals surface area contributed by atoms with Gasteiger partial charge < -0.3 is 20.1 Å². The molecule has 0 saturated heterocycles. The first-order valence-electron chi connectivity index (χ1n) is 23.4. The highest BCUT2D eigenvalue weighted by atomic mass is 31.2. The maximum Gasteiger partial charge on any atom is 0.472 e. The number of aliphatic hydroxyl groups excluding tert-OH is 1. The molecular weight excluding hydrogens is 762 g/mol. The van der Waals surface area contributed by atoms with Gasteiger partial charge in [0.1, 0.15) is 12.7 Å². The normalized spacial score (nSPS) is 13.9. The van der Waals surface area contributed by atoms with Crippen molar-refractivity contribution in [3.63, 3.8) is 0 Å². The molecule has 0 heterocycles. The number of nitrogens with one attached hydrogen (secondary N) is 1. The van der Waals surface area contributed by atoms with Crippen molar-refractivity contribution in [3.05, 3.63) is 72.9 Å². The summed E-state index contributed by atoms with van der Waals surface area (Å²) in [5, 5.41) is 12.7. The molecule has 0 aromatic carbocycles. The van der Waals surface area contributed by atoms with Gasteiger partial charge in [0.05, 0.1) is 13.2 Å². The molecule has 3 N–H and O–H groups in total. The van der Waals surface area contributed by atoms with Gasteiger partial charge in [0, 0.05) is 19.4 Å². The number of phosphoric acid groups is 1. The SMILES string of the molecule is CCCCC/C=C\C/C=C\C/C=C\C/C=C\CCCCCC(=O)NCCOP(=O)(O)OCC(O)COC(=O)CCCCCCCCCCC/C=C\C/C=C\CCCCC. The van der Waals surface area contributed by atoms with Crippen molar-refractivity contribution in [2.24, 2.45) is 0 Å². The third-order valence-corrected chi connectivity index (χ3v) is 10.6. The van der Waals surface area contributed by atoms with Gasteiger partial charge in [-0.1, -0.05) is 164 Å². The maximum atomic E-state index is 12.1. The molecule has 0 saturated carbocycles. The van der Waals surface area contributed by atoms with Crippen LogP contribution in [0.1, 0.15) is 194 Å².